The SMILES string of the molecule is CC(=O)c1nnn(-c2ccccc2C(C)(C)C)c1C. The number of nitrogens with zero attached hydrogens (tertiary/aromatic N) is 3. The van der Waals surface area contributed by atoms with Crippen molar-refractivity contribution >= 4 is 5.78 Å². The fourth-order valence-electron chi connectivity index (χ4n) is 2.18. The van der Waals surface area contributed by atoms with Crippen LogP contribution in [0.5, 0.6) is 0 Å². The van der Waals surface area contributed by atoms with Crippen molar-refractivity contribution in [2.45, 2.75) is 40.0 Å². The van der Waals surface area contributed by atoms with Gasteiger partial charge in [-0.3, -0.25) is 4.79 Å². The summed E-state index contributed by atoms with van der Waals surface area (Å²) in [5, 5.41) is 8.11. The van der Waals surface area contributed by atoms with E-state index in [1.165, 1.54) is 12.5 Å². The molecule has 2 aromatic rings. The molecule has 0 unspecified atom stereocenters. The van der Waals surface area contributed by atoms with Gasteiger partial charge in [0.15, 0.2) is 11.5 Å². The highest BCUT2D eigenvalue weighted by atomic mass is 16.1. The fourth-order valence-corrected chi connectivity index (χ4v) is 2.18. The van der Waals surface area contributed by atoms with Crippen molar-refractivity contribution < 1.29 is 4.79 Å². The van der Waals surface area contributed by atoms with Crippen LogP contribution in [0.15, 0.2) is 24.3 Å². The highest BCUT2D eigenvalue weighted by Crippen LogP contribution is 2.28. The summed E-state index contributed by atoms with van der Waals surface area (Å²) in [4.78, 5) is 11.5. The maximum atomic E-state index is 11.5. The van der Waals surface area contributed by atoms with Crippen molar-refractivity contribution in [1.29, 1.82) is 0 Å². The lowest BCUT2D eigenvalue weighted by atomic mass is 9.86. The summed E-state index contributed by atoms with van der Waals surface area (Å²) in [7, 11) is 0. The van der Waals surface area contributed by atoms with E-state index in [-0.39, 0.29) is 11.2 Å². The minimum atomic E-state index is -0.0583. The fraction of sp³-hybridized carbons (Fsp3) is 0.400. The van der Waals surface area contributed by atoms with Crippen LogP contribution in [0.4, 0.5) is 0 Å². The molecule has 0 spiro atoms. The lowest BCUT2D eigenvalue weighted by Gasteiger charge is -2.22. The number of ketones is 1. The van der Waals surface area contributed by atoms with E-state index >= 15 is 0 Å². The Morgan fingerprint density at radius 2 is 1.84 bits per heavy atom. The molecule has 0 aliphatic carbocycles. The van der Waals surface area contributed by atoms with Crippen LogP contribution in [0.1, 0.15) is 49.4 Å². The Kier molecular flexibility index (Phi) is 3.27. The quantitative estimate of drug-likeness (QED) is 0.777. The summed E-state index contributed by atoms with van der Waals surface area (Å²) < 4.78 is 1.75. The molecule has 4 heteroatoms. The summed E-state index contributed by atoms with van der Waals surface area (Å²) in [5.41, 5.74) is 3.38. The number of aromatic nitrogens is 3. The van der Waals surface area contributed by atoms with Gasteiger partial charge >= 0.3 is 0 Å². The van der Waals surface area contributed by atoms with E-state index in [2.05, 4.69) is 37.1 Å². The van der Waals surface area contributed by atoms with Crippen molar-refractivity contribution in [3.8, 4) is 5.69 Å². The van der Waals surface area contributed by atoms with Gasteiger partial charge < -0.3 is 0 Å². The van der Waals surface area contributed by atoms with Crippen LogP contribution in [0, 0.1) is 6.92 Å². The first kappa shape index (κ1) is 13.5. The van der Waals surface area contributed by atoms with Gasteiger partial charge in [-0.1, -0.05) is 44.2 Å². The van der Waals surface area contributed by atoms with Gasteiger partial charge in [-0.25, -0.2) is 4.68 Å². The first-order valence-corrected chi connectivity index (χ1v) is 6.35. The first-order chi connectivity index (χ1) is 8.82. The van der Waals surface area contributed by atoms with E-state index in [0.717, 1.165) is 11.4 Å². The van der Waals surface area contributed by atoms with Gasteiger partial charge in [0.2, 0.25) is 0 Å². The van der Waals surface area contributed by atoms with E-state index in [9.17, 15) is 4.79 Å². The maximum absolute atomic E-state index is 11.5. The summed E-state index contributed by atoms with van der Waals surface area (Å²) in [6.45, 7) is 9.85. The summed E-state index contributed by atoms with van der Waals surface area (Å²) in [6.07, 6.45) is 0. The lowest BCUT2D eigenvalue weighted by Crippen LogP contribution is -2.16. The molecule has 1 aromatic carbocycles. The van der Waals surface area contributed by atoms with Crippen LogP contribution in [0.3, 0.4) is 0 Å². The molecule has 1 aromatic heterocycles. The second kappa shape index (κ2) is 4.61. The number of hydrogen-bond donors (Lipinski definition) is 0. The zero-order valence-electron chi connectivity index (χ0n) is 12.1. The third kappa shape index (κ3) is 2.43. The average Bonchev–Trinajstić information content (AvgIpc) is 2.70. The van der Waals surface area contributed by atoms with Crippen molar-refractivity contribution in [3.63, 3.8) is 0 Å². The molecule has 0 saturated carbocycles. The number of hydrogen-bond acceptors (Lipinski definition) is 3. The Balaban J connectivity index is 2.64. The van der Waals surface area contributed by atoms with Crippen LogP contribution in [0.25, 0.3) is 5.69 Å². The molecule has 4 nitrogen and oxygen atoms in total. The molecule has 0 saturated heterocycles. The molecule has 0 radical (unpaired) electrons. The minimum Gasteiger partial charge on any atom is -0.293 e. The normalized spacial score (nSPS) is 11.6. The molecular formula is C15H19N3O. The molecule has 0 aliphatic rings. The summed E-state index contributed by atoms with van der Waals surface area (Å²) >= 11 is 0. The van der Waals surface area contributed by atoms with Crippen LogP contribution in [-0.2, 0) is 5.41 Å². The molecule has 0 fully saturated rings. The molecule has 0 bridgehead atoms. The predicted molar refractivity (Wildman–Crippen MR) is 74.8 cm³/mol. The Bertz CT molecular complexity index is 621. The smallest absolute Gasteiger partial charge is 0.181 e. The zero-order chi connectivity index (χ0) is 14.2. The molecule has 19 heavy (non-hydrogen) atoms. The van der Waals surface area contributed by atoms with Gasteiger partial charge in [-0.2, -0.15) is 0 Å². The van der Waals surface area contributed by atoms with Gasteiger partial charge in [0.05, 0.1) is 11.4 Å². The van der Waals surface area contributed by atoms with Gasteiger partial charge in [-0.15, -0.1) is 5.10 Å². The van der Waals surface area contributed by atoms with Crippen LogP contribution >= 0.6 is 0 Å². The Hall–Kier alpha value is -1.97. The first-order valence-electron chi connectivity index (χ1n) is 6.35. The monoisotopic (exact) mass is 257 g/mol. The number of para-hydroxylation sites is 1. The Morgan fingerprint density at radius 3 is 2.37 bits per heavy atom. The van der Waals surface area contributed by atoms with E-state index in [4.69, 9.17) is 0 Å². The topological polar surface area (TPSA) is 47.8 Å². The number of carbonyl (C=O) groups excluding carboxylic acids is 1. The molecule has 100 valence electrons. The Morgan fingerprint density at radius 1 is 1.21 bits per heavy atom. The van der Waals surface area contributed by atoms with E-state index in [1.54, 1.807) is 4.68 Å². The molecule has 0 atom stereocenters. The molecule has 0 N–H and O–H groups in total. The largest absolute Gasteiger partial charge is 0.293 e. The summed E-state index contributed by atoms with van der Waals surface area (Å²) in [5.74, 6) is -0.0583. The maximum Gasteiger partial charge on any atom is 0.181 e. The predicted octanol–water partition coefficient (Wildman–Crippen LogP) is 3.08. The zero-order valence-corrected chi connectivity index (χ0v) is 12.1. The molecule has 0 aliphatic heterocycles. The highest BCUT2D eigenvalue weighted by Gasteiger charge is 2.21. The standard InChI is InChI=1S/C15H19N3O/c1-10-14(11(2)19)16-17-18(10)13-9-7-6-8-12(13)15(3,4)5/h6-9H,1-5H3. The Labute approximate surface area is 113 Å². The van der Waals surface area contributed by atoms with Gasteiger partial charge in [-0.05, 0) is 24.0 Å². The van der Waals surface area contributed by atoms with Crippen molar-refractivity contribution in [3.05, 3.63) is 41.2 Å². The van der Waals surface area contributed by atoms with Crippen LogP contribution in [-0.4, -0.2) is 20.8 Å². The molecule has 1 heterocycles. The third-order valence-electron chi connectivity index (χ3n) is 3.17. The number of rotatable bonds is 2. The van der Waals surface area contributed by atoms with Crippen molar-refractivity contribution in [2.24, 2.45) is 0 Å². The van der Waals surface area contributed by atoms with E-state index < -0.39 is 0 Å². The van der Waals surface area contributed by atoms with Crippen LogP contribution < -0.4 is 0 Å². The van der Waals surface area contributed by atoms with Crippen molar-refractivity contribution in [1.82, 2.24) is 15.0 Å². The van der Waals surface area contributed by atoms with E-state index in [0.29, 0.717) is 5.69 Å². The second-order valence-electron chi connectivity index (χ2n) is 5.76. The third-order valence-corrected chi connectivity index (χ3v) is 3.17. The van der Waals surface area contributed by atoms with Crippen molar-refractivity contribution in [2.75, 3.05) is 0 Å². The highest BCUT2D eigenvalue weighted by molar-refractivity contribution is 5.93. The van der Waals surface area contributed by atoms with E-state index in [1.807, 2.05) is 25.1 Å². The molecule has 0 amide bonds. The summed E-state index contributed by atoms with van der Waals surface area (Å²) in [6, 6.07) is 8.08. The number of carbonyl (C=O) groups is 1. The van der Waals surface area contributed by atoms with Gasteiger partial charge in [0.1, 0.15) is 0 Å². The van der Waals surface area contributed by atoms with Gasteiger partial charge in [0, 0.05) is 6.92 Å². The molecular weight excluding hydrogens is 238 g/mol. The minimum absolute atomic E-state index is 0.00533. The molecule has 2 rings (SSSR count). The number of Topliss-reactive ketones (excluding diaryl/α,β-unsaturated/α-hetero) is 1. The van der Waals surface area contributed by atoms with Crippen LogP contribution in [0.2, 0.25) is 0 Å². The number of benzene rings is 1. The lowest BCUT2D eigenvalue weighted by molar-refractivity contribution is 0.101. The second-order valence-corrected chi connectivity index (χ2v) is 5.76. The van der Waals surface area contributed by atoms with Gasteiger partial charge in [0.25, 0.3) is 0 Å². The average molecular weight is 257 g/mol.